The van der Waals surface area contributed by atoms with E-state index >= 15 is 0 Å². The Labute approximate surface area is 704 Å². The molecule has 26 heteroatoms. The van der Waals surface area contributed by atoms with Crippen molar-refractivity contribution in [1.29, 1.82) is 0 Å². The van der Waals surface area contributed by atoms with Crippen LogP contribution in [0, 0.1) is 53.8 Å². The van der Waals surface area contributed by atoms with E-state index in [2.05, 4.69) is 86.4 Å². The number of hydrogen-bond acceptors (Lipinski definition) is 15. The Hall–Kier alpha value is -7.71. The maximum absolute atomic E-state index is 14.1. The molecule has 3 aromatic heterocycles. The number of ether oxygens (including phenoxy) is 3. The second-order valence-corrected chi connectivity index (χ2v) is 31.4. The van der Waals surface area contributed by atoms with Gasteiger partial charge in [0, 0.05) is 104 Å². The maximum atomic E-state index is 14.1. The van der Waals surface area contributed by atoms with Crippen molar-refractivity contribution in [2.75, 3.05) is 42.3 Å². The molecule has 3 amide bonds. The largest absolute Gasteiger partial charge is 2.00 e. The molecule has 9 aromatic rings. The molecule has 3 aliphatic heterocycles. The summed E-state index contributed by atoms with van der Waals surface area (Å²) in [6.07, 6.45) is 10.1. The van der Waals surface area contributed by atoms with Crippen molar-refractivity contribution in [3.8, 4) is 46.9 Å². The predicted octanol–water partition coefficient (Wildman–Crippen LogP) is 9.72. The number of nitrogens with zero attached hydrogens (tertiary/aromatic N) is 6. The fourth-order valence-electron chi connectivity index (χ4n) is 16.8. The van der Waals surface area contributed by atoms with Crippen molar-refractivity contribution in [3.05, 3.63) is 286 Å². The summed E-state index contributed by atoms with van der Waals surface area (Å²) >= 11 is 29.1. The molecule has 3 fully saturated rings. The van der Waals surface area contributed by atoms with Gasteiger partial charge in [0.2, 0.25) is 23.3 Å². The molecule has 110 heavy (non-hydrogen) atoms. The minimum Gasteiger partial charge on any atom is -1.00 e. The number of carbonyl (C=O) groups excluding carboxylic acids is 4. The normalized spacial score (nSPS) is 28.0. The second-order valence-electron chi connectivity index (χ2n) is 27.4. The van der Waals surface area contributed by atoms with Gasteiger partial charge in [0.1, 0.15) is 40.2 Å². The summed E-state index contributed by atoms with van der Waals surface area (Å²) in [4.78, 5) is 72.6. The van der Waals surface area contributed by atoms with E-state index in [0.29, 0.717) is 48.4 Å². The monoisotopic (exact) mass is 1800 g/mol. The first-order valence-corrected chi connectivity index (χ1v) is 37.4. The van der Waals surface area contributed by atoms with Crippen LogP contribution in [0.2, 0.25) is 15.1 Å². The molecule has 0 bridgehead atoms. The van der Waals surface area contributed by atoms with Crippen molar-refractivity contribution in [3.63, 3.8) is 0 Å². The van der Waals surface area contributed by atoms with E-state index in [4.69, 9.17) is 55.4 Å². The molecule has 0 spiro atoms. The van der Waals surface area contributed by atoms with Crippen LogP contribution in [0.5, 0.6) is 17.2 Å². The van der Waals surface area contributed by atoms with Gasteiger partial charge in [0.05, 0.1) is 32.8 Å². The van der Waals surface area contributed by atoms with Gasteiger partial charge in [0.25, 0.3) is 0 Å². The van der Waals surface area contributed by atoms with Crippen molar-refractivity contribution in [1.82, 2.24) is 29.7 Å². The molecule has 15 rings (SSSR count). The molecule has 6 aliphatic rings. The van der Waals surface area contributed by atoms with Crippen molar-refractivity contribution in [2.45, 2.75) is 83.3 Å². The van der Waals surface area contributed by atoms with Crippen LogP contribution in [-0.4, -0.2) is 155 Å². The van der Waals surface area contributed by atoms with Gasteiger partial charge in [-0.05, 0) is 90.6 Å². The van der Waals surface area contributed by atoms with E-state index in [1.165, 1.54) is 33.3 Å². The van der Waals surface area contributed by atoms with Gasteiger partial charge in [-0.25, -0.2) is 0 Å². The molecule has 14 atom stereocenters. The van der Waals surface area contributed by atoms with Crippen LogP contribution >= 0.6 is 82.6 Å². The number of aromatic nitrogens is 3. The molecule has 18 nitrogen and oxygen atoms in total. The van der Waals surface area contributed by atoms with Gasteiger partial charge < -0.3 is 83.8 Å². The van der Waals surface area contributed by atoms with E-state index in [1.807, 2.05) is 133 Å². The summed E-state index contributed by atoms with van der Waals surface area (Å²) in [5.74, 6) is 5.90. The SMILES string of the molecule is CC#CC1(O)C(C(=O)N(C)C)[C@@H](c2ccccc2)[C@]2(c3ccc(Br)cc3)Oc3cc(Cl)cnc3[C@]12O.CC#CC1(O)C(C(=O)N(C)C)[C@@H](c2ccccc2)[C@]2(c3ccc(Br)cc3)Oc3cc(Cl)cnc3[C@]12O.CN(C)C(=O)[C@H]1C(=O)[C@@]2(O)c3ncc(Cl)cc3O[C@@]2(c2ccc(Br)cc2)[C@@H]1c1ccccc1.[Br-].[C-]#CC.[Mg+2]. The van der Waals surface area contributed by atoms with Crippen molar-refractivity contribution in [2.24, 2.45) is 17.8 Å². The standard InChI is InChI=1S/2C28H24BrClN2O4.C25H20BrClN2O4.C3H3.BrH.Mg/c2*1-4-14-26(34)23(25(33)32(2)3)22(17-8-6-5-7-9-17)27(18-10-12-19(29)13-11-18)28(26,35)24-21(36-27)15-20(30)16-31-24;1-29(2)23(31)19-20(14-6-4-3-5-7-14)25(15-8-10-16(26)11-9-15)24(32,22(19)30)21-18(33-25)12-17(27)13-28-21;1-3-2;;/h2*5-13,15-16,22-23,34-35H,1-3H3;3-13,19-20,32H,1-2H3;1H3;1H;/q;;;-1;;+2/p-1/t2*22-,23?,26?,27+,28+;19-,20-,24+,25+;;;/m111.../s1. The quantitative estimate of drug-likeness (QED) is 0.0391. The molecule has 0 saturated heterocycles. The van der Waals surface area contributed by atoms with Crippen molar-refractivity contribution < 1.29 is 75.9 Å². The average Bonchev–Trinajstić information content (AvgIpc) is 1.50. The summed E-state index contributed by atoms with van der Waals surface area (Å²) in [5, 5.41) is 63.9. The van der Waals surface area contributed by atoms with E-state index in [1.54, 1.807) is 118 Å². The number of carbonyl (C=O) groups is 4. The Morgan fingerprint density at radius 1 is 0.455 bits per heavy atom. The number of amides is 3. The first kappa shape index (κ1) is 84.7. The fraction of sp³-hybridized carbons (Fsp3) is 0.274. The molecular weight excluding hydrogens is 1740 g/mol. The Kier molecular flexibility index (Phi) is 25.0. The van der Waals surface area contributed by atoms with Crippen LogP contribution in [0.3, 0.4) is 0 Å². The Bertz CT molecular complexity index is 4980. The summed E-state index contributed by atoms with van der Waals surface area (Å²) < 4.78 is 22.4. The van der Waals surface area contributed by atoms with Crippen LogP contribution in [0.25, 0.3) is 0 Å². The minimum atomic E-state index is -2.26. The number of pyridine rings is 3. The Morgan fingerprint density at radius 3 is 1.05 bits per heavy atom. The van der Waals surface area contributed by atoms with Gasteiger partial charge in [-0.1, -0.05) is 222 Å². The topological polar surface area (TPSA) is 246 Å². The van der Waals surface area contributed by atoms with Crippen molar-refractivity contribution >= 4 is 129 Å². The van der Waals surface area contributed by atoms with Crippen LogP contribution in [0.4, 0.5) is 0 Å². The number of benzene rings is 6. The zero-order chi connectivity index (χ0) is 78.0. The first-order chi connectivity index (χ1) is 51.4. The number of aliphatic hydroxyl groups is 5. The van der Waals surface area contributed by atoms with Gasteiger partial charge in [0.15, 0.2) is 45.0 Å². The zero-order valence-corrected chi connectivity index (χ0v) is 70.7. The molecule has 3 saturated carbocycles. The van der Waals surface area contributed by atoms with Crippen LogP contribution in [-0.2, 0) is 52.8 Å². The summed E-state index contributed by atoms with van der Waals surface area (Å²) in [7, 11) is 9.63. The number of hydrogen-bond donors (Lipinski definition) is 5. The van der Waals surface area contributed by atoms with Crippen LogP contribution in [0.15, 0.2) is 214 Å². The van der Waals surface area contributed by atoms with Gasteiger partial charge in [-0.15, -0.1) is 11.8 Å². The first-order valence-electron chi connectivity index (χ1n) is 33.9. The van der Waals surface area contributed by atoms with Crippen LogP contribution < -0.4 is 31.2 Å². The molecule has 6 aromatic carbocycles. The Balaban J connectivity index is 0.000000171. The van der Waals surface area contributed by atoms with E-state index in [0.717, 1.165) is 13.4 Å². The fourth-order valence-corrected chi connectivity index (χ4v) is 18.1. The predicted molar refractivity (Wildman–Crippen MR) is 423 cm³/mol. The molecule has 4 unspecified atom stereocenters. The van der Waals surface area contributed by atoms with E-state index in [-0.39, 0.29) is 74.4 Å². The molecular formula is C84H71Br4Cl3MgN6O12. The van der Waals surface area contributed by atoms with Gasteiger partial charge >= 0.3 is 23.1 Å². The maximum Gasteiger partial charge on any atom is 2.00 e. The third kappa shape index (κ3) is 12.9. The molecule has 6 heterocycles. The zero-order valence-electron chi connectivity index (χ0n) is 60.6. The summed E-state index contributed by atoms with van der Waals surface area (Å²) in [5.41, 5.74) is -12.1. The van der Waals surface area contributed by atoms with Gasteiger partial charge in [-0.3, -0.25) is 34.1 Å². The second kappa shape index (κ2) is 32.4. The number of rotatable bonds is 9. The van der Waals surface area contributed by atoms with E-state index < -0.39 is 104 Å². The summed E-state index contributed by atoms with van der Waals surface area (Å²) in [6.45, 7) is 4.66. The summed E-state index contributed by atoms with van der Waals surface area (Å²) in [6, 6.07) is 54.1. The minimum absolute atomic E-state index is 0. The smallest absolute Gasteiger partial charge is 1.00 e. The number of halogens is 7. The average molecular weight is 1810 g/mol. The molecule has 560 valence electrons. The number of Topliss-reactive ketones (excluding diaryl/α,β-unsaturated/α-hetero) is 1. The Morgan fingerprint density at radius 2 is 0.736 bits per heavy atom. The number of ketones is 1. The van der Waals surface area contributed by atoms with Crippen LogP contribution in [0.1, 0.15) is 89.0 Å². The molecule has 0 radical (unpaired) electrons. The third-order valence-corrected chi connectivity index (χ3v) is 23.1. The van der Waals surface area contributed by atoms with Gasteiger partial charge in [-0.2, -0.15) is 0 Å². The van der Waals surface area contributed by atoms with E-state index in [9.17, 15) is 44.7 Å². The molecule has 5 N–H and O–H groups in total. The third-order valence-electron chi connectivity index (χ3n) is 20.9. The number of fused-ring (bicyclic) bond motifs is 9. The molecule has 3 aliphatic carbocycles.